The zero-order chi connectivity index (χ0) is 12.0. The van der Waals surface area contributed by atoms with E-state index >= 15 is 0 Å². The Morgan fingerprint density at radius 3 is 2.82 bits per heavy atom. The Bertz CT molecular complexity index is 697. The van der Waals surface area contributed by atoms with E-state index < -0.39 is 0 Å². The van der Waals surface area contributed by atoms with Gasteiger partial charge in [0.1, 0.15) is 5.52 Å². The summed E-state index contributed by atoms with van der Waals surface area (Å²) in [6, 6.07) is 6.05. The van der Waals surface area contributed by atoms with E-state index in [9.17, 15) is 0 Å². The summed E-state index contributed by atoms with van der Waals surface area (Å²) in [6.45, 7) is 4.08. The van der Waals surface area contributed by atoms with Crippen molar-refractivity contribution in [3.05, 3.63) is 34.7 Å². The number of aromatic nitrogens is 1. The summed E-state index contributed by atoms with van der Waals surface area (Å²) in [5.74, 6) is 0.604. The van der Waals surface area contributed by atoms with Gasteiger partial charge in [-0.05, 0) is 42.5 Å². The van der Waals surface area contributed by atoms with E-state index in [2.05, 4.69) is 18.0 Å². The van der Waals surface area contributed by atoms with Gasteiger partial charge in [-0.1, -0.05) is 6.07 Å². The highest BCUT2D eigenvalue weighted by Crippen LogP contribution is 2.33. The zero-order valence-corrected chi connectivity index (χ0v) is 10.5. The van der Waals surface area contributed by atoms with Gasteiger partial charge in [0.05, 0.1) is 10.6 Å². The van der Waals surface area contributed by atoms with Gasteiger partial charge < -0.3 is 10.2 Å². The van der Waals surface area contributed by atoms with E-state index in [1.54, 1.807) is 0 Å². The molecule has 0 aliphatic heterocycles. The highest BCUT2D eigenvalue weighted by Gasteiger charge is 2.13. The highest BCUT2D eigenvalue weighted by molar-refractivity contribution is 7.14. The van der Waals surface area contributed by atoms with Crippen molar-refractivity contribution in [1.29, 1.82) is 0 Å². The zero-order valence-electron chi connectivity index (χ0n) is 9.65. The molecule has 2 heterocycles. The Morgan fingerprint density at radius 1 is 1.29 bits per heavy atom. The van der Waals surface area contributed by atoms with Crippen LogP contribution in [0.2, 0.25) is 0 Å². The van der Waals surface area contributed by atoms with E-state index in [1.165, 1.54) is 16.9 Å². The second-order valence-electron chi connectivity index (χ2n) is 4.15. The van der Waals surface area contributed by atoms with Gasteiger partial charge in [-0.3, -0.25) is 0 Å². The number of oxazole rings is 1. The summed E-state index contributed by atoms with van der Waals surface area (Å²) in [6.07, 6.45) is 0. The second-order valence-corrected chi connectivity index (χ2v) is 5.10. The van der Waals surface area contributed by atoms with Crippen molar-refractivity contribution < 1.29 is 4.42 Å². The predicted molar refractivity (Wildman–Crippen MR) is 71.2 cm³/mol. The molecule has 2 aromatic heterocycles. The fourth-order valence-corrected chi connectivity index (χ4v) is 2.62. The first-order valence-electron chi connectivity index (χ1n) is 5.36. The van der Waals surface area contributed by atoms with Crippen molar-refractivity contribution >= 4 is 27.4 Å². The first kappa shape index (κ1) is 10.4. The lowest BCUT2D eigenvalue weighted by molar-refractivity contribution is 0.618. The van der Waals surface area contributed by atoms with Crippen LogP contribution in [0, 0.1) is 13.8 Å². The molecule has 0 saturated carbocycles. The van der Waals surface area contributed by atoms with Gasteiger partial charge in [-0.2, -0.15) is 0 Å². The Kier molecular flexibility index (Phi) is 2.19. The molecule has 86 valence electrons. The normalized spacial score (nSPS) is 11.2. The van der Waals surface area contributed by atoms with Crippen LogP contribution in [0.4, 0.5) is 5.00 Å². The molecule has 0 saturated heterocycles. The van der Waals surface area contributed by atoms with Gasteiger partial charge in [0.2, 0.25) is 5.89 Å². The third-order valence-corrected chi connectivity index (χ3v) is 3.49. The number of benzene rings is 1. The summed E-state index contributed by atoms with van der Waals surface area (Å²) in [5.41, 5.74) is 10.8. The molecule has 1 aromatic carbocycles. The fourth-order valence-electron chi connectivity index (χ4n) is 1.99. The molecule has 0 spiro atoms. The summed E-state index contributed by atoms with van der Waals surface area (Å²) < 4.78 is 5.79. The summed E-state index contributed by atoms with van der Waals surface area (Å²) in [7, 11) is 0. The lowest BCUT2D eigenvalue weighted by Crippen LogP contribution is -1.82. The topological polar surface area (TPSA) is 52.0 Å². The van der Waals surface area contributed by atoms with Crippen LogP contribution in [0.3, 0.4) is 0 Å². The highest BCUT2D eigenvalue weighted by atomic mass is 32.1. The number of thiophene rings is 1. The van der Waals surface area contributed by atoms with Gasteiger partial charge >= 0.3 is 0 Å². The first-order chi connectivity index (χ1) is 8.15. The molecule has 0 aliphatic carbocycles. The van der Waals surface area contributed by atoms with Crippen LogP contribution in [0.15, 0.2) is 28.0 Å². The maximum Gasteiger partial charge on any atom is 0.230 e. The number of rotatable bonds is 1. The number of nitrogen functional groups attached to an aromatic ring is 1. The van der Waals surface area contributed by atoms with Crippen molar-refractivity contribution in [2.24, 2.45) is 0 Å². The van der Waals surface area contributed by atoms with E-state index in [0.717, 1.165) is 27.2 Å². The molecule has 2 N–H and O–H groups in total. The second kappa shape index (κ2) is 3.60. The molecule has 3 aromatic rings. The molecule has 17 heavy (non-hydrogen) atoms. The maximum atomic E-state index is 5.88. The minimum atomic E-state index is 0.604. The van der Waals surface area contributed by atoms with E-state index in [-0.39, 0.29) is 0 Å². The summed E-state index contributed by atoms with van der Waals surface area (Å²) in [5, 5.41) is 2.68. The third kappa shape index (κ3) is 1.61. The summed E-state index contributed by atoms with van der Waals surface area (Å²) in [4.78, 5) is 4.50. The molecular formula is C13H12N2OS. The molecule has 4 heteroatoms. The van der Waals surface area contributed by atoms with E-state index in [4.69, 9.17) is 10.2 Å². The molecule has 0 atom stereocenters. The van der Waals surface area contributed by atoms with Crippen LogP contribution in [0.25, 0.3) is 22.6 Å². The number of nitrogens with zero attached hydrogens (tertiary/aromatic N) is 1. The molecular weight excluding hydrogens is 232 g/mol. The standard InChI is InChI=1S/C13H12N2OS/c1-7-5-8(2)11-10(6-7)15-13(16-11)9-3-4-17-12(9)14/h3-6H,14H2,1-2H3. The number of hydrogen-bond acceptors (Lipinski definition) is 4. The van der Waals surface area contributed by atoms with Crippen LogP contribution < -0.4 is 5.73 Å². The lowest BCUT2D eigenvalue weighted by Gasteiger charge is -1.95. The summed E-state index contributed by atoms with van der Waals surface area (Å²) >= 11 is 1.49. The van der Waals surface area contributed by atoms with Crippen LogP contribution >= 0.6 is 11.3 Å². The van der Waals surface area contributed by atoms with Gasteiger partial charge in [-0.25, -0.2) is 4.98 Å². The van der Waals surface area contributed by atoms with Gasteiger partial charge in [-0.15, -0.1) is 11.3 Å². The molecule has 0 amide bonds. The minimum Gasteiger partial charge on any atom is -0.436 e. The number of anilines is 1. The average molecular weight is 244 g/mol. The van der Waals surface area contributed by atoms with Crippen molar-refractivity contribution in [1.82, 2.24) is 4.98 Å². The molecule has 3 nitrogen and oxygen atoms in total. The Morgan fingerprint density at radius 2 is 2.12 bits per heavy atom. The maximum absolute atomic E-state index is 5.88. The van der Waals surface area contributed by atoms with Crippen LogP contribution in [-0.4, -0.2) is 4.98 Å². The Hall–Kier alpha value is -1.81. The van der Waals surface area contributed by atoms with Gasteiger partial charge in [0.15, 0.2) is 5.58 Å². The lowest BCUT2D eigenvalue weighted by atomic mass is 10.1. The molecule has 0 aliphatic rings. The average Bonchev–Trinajstić information content (AvgIpc) is 2.83. The Balaban J connectivity index is 2.27. The van der Waals surface area contributed by atoms with E-state index in [1.807, 2.05) is 24.4 Å². The smallest absolute Gasteiger partial charge is 0.230 e. The molecule has 3 rings (SSSR count). The minimum absolute atomic E-state index is 0.604. The van der Waals surface area contributed by atoms with Gasteiger partial charge in [0, 0.05) is 0 Å². The number of fused-ring (bicyclic) bond motifs is 1. The number of hydrogen-bond donors (Lipinski definition) is 1. The molecule has 0 fully saturated rings. The number of nitrogens with two attached hydrogens (primary N) is 1. The largest absolute Gasteiger partial charge is 0.436 e. The molecule has 0 radical (unpaired) electrons. The van der Waals surface area contributed by atoms with Crippen LogP contribution in [0.5, 0.6) is 0 Å². The van der Waals surface area contributed by atoms with Crippen molar-refractivity contribution in [2.45, 2.75) is 13.8 Å². The first-order valence-corrected chi connectivity index (χ1v) is 6.24. The van der Waals surface area contributed by atoms with Gasteiger partial charge in [0.25, 0.3) is 0 Å². The predicted octanol–water partition coefficient (Wildman–Crippen LogP) is 3.76. The van der Waals surface area contributed by atoms with Crippen molar-refractivity contribution in [2.75, 3.05) is 5.73 Å². The third-order valence-electron chi connectivity index (χ3n) is 2.75. The molecule has 0 unspecified atom stereocenters. The number of aryl methyl sites for hydroxylation is 2. The monoisotopic (exact) mass is 244 g/mol. The molecule has 0 bridgehead atoms. The van der Waals surface area contributed by atoms with Crippen molar-refractivity contribution in [3.8, 4) is 11.5 Å². The Labute approximate surface area is 103 Å². The van der Waals surface area contributed by atoms with Crippen LogP contribution in [0.1, 0.15) is 11.1 Å². The quantitative estimate of drug-likeness (QED) is 0.709. The van der Waals surface area contributed by atoms with E-state index in [0.29, 0.717) is 5.89 Å². The van der Waals surface area contributed by atoms with Crippen LogP contribution in [-0.2, 0) is 0 Å². The SMILES string of the molecule is Cc1cc(C)c2oc(-c3ccsc3N)nc2c1. The fraction of sp³-hybridized carbons (Fsp3) is 0.154. The van der Waals surface area contributed by atoms with Crippen molar-refractivity contribution in [3.63, 3.8) is 0 Å².